The van der Waals surface area contributed by atoms with E-state index in [1.807, 2.05) is 0 Å². The third kappa shape index (κ3) is 2.42. The van der Waals surface area contributed by atoms with Gasteiger partial charge in [-0.1, -0.05) is 0 Å². The standard InChI is InChI=1S/C15H17FN2O4/c1-2-21-15(20)13-7-9-10(16)5-8(6-12(9)22-13)18-4-3-11(18)14(17)19/h5-7,11,15,20H,2-4H2,1H3,(H2,17,19). The van der Waals surface area contributed by atoms with E-state index < -0.39 is 24.1 Å². The monoisotopic (exact) mass is 308 g/mol. The molecule has 0 bridgehead atoms. The van der Waals surface area contributed by atoms with E-state index in [1.165, 1.54) is 12.1 Å². The van der Waals surface area contributed by atoms with E-state index in [0.29, 0.717) is 30.8 Å². The first-order chi connectivity index (χ1) is 10.5. The summed E-state index contributed by atoms with van der Waals surface area (Å²) in [5, 5.41) is 10.0. The van der Waals surface area contributed by atoms with Crippen LogP contribution >= 0.6 is 0 Å². The lowest BCUT2D eigenvalue weighted by molar-refractivity contribution is -0.120. The van der Waals surface area contributed by atoms with Crippen LogP contribution < -0.4 is 10.6 Å². The van der Waals surface area contributed by atoms with Crippen molar-refractivity contribution in [2.75, 3.05) is 18.1 Å². The molecule has 0 radical (unpaired) electrons. The van der Waals surface area contributed by atoms with Crippen molar-refractivity contribution < 1.29 is 23.4 Å². The van der Waals surface area contributed by atoms with E-state index >= 15 is 0 Å². The quantitative estimate of drug-likeness (QED) is 0.820. The van der Waals surface area contributed by atoms with Crippen molar-refractivity contribution in [2.24, 2.45) is 5.73 Å². The molecule has 1 aliphatic heterocycles. The molecule has 2 aromatic rings. The molecule has 3 rings (SSSR count). The number of nitrogens with two attached hydrogens (primary N) is 1. The lowest BCUT2D eigenvalue weighted by Crippen LogP contribution is -2.55. The Hall–Kier alpha value is -2.12. The van der Waals surface area contributed by atoms with Gasteiger partial charge in [-0.2, -0.15) is 0 Å². The van der Waals surface area contributed by atoms with Crippen molar-refractivity contribution in [3.8, 4) is 0 Å². The van der Waals surface area contributed by atoms with Gasteiger partial charge >= 0.3 is 0 Å². The van der Waals surface area contributed by atoms with Crippen LogP contribution in [-0.2, 0) is 9.53 Å². The SMILES string of the molecule is CCOC(O)c1cc2c(F)cc(N3CCC3C(N)=O)cc2o1. The van der Waals surface area contributed by atoms with Crippen LogP contribution in [0.5, 0.6) is 0 Å². The Kier molecular flexibility index (Phi) is 3.76. The predicted octanol–water partition coefficient (Wildman–Crippen LogP) is 1.66. The highest BCUT2D eigenvalue weighted by atomic mass is 19.1. The van der Waals surface area contributed by atoms with Gasteiger partial charge in [0.2, 0.25) is 12.2 Å². The average Bonchev–Trinajstić information content (AvgIpc) is 2.81. The summed E-state index contributed by atoms with van der Waals surface area (Å²) in [6.07, 6.45) is -0.579. The molecular weight excluding hydrogens is 291 g/mol. The normalized spacial score (nSPS) is 19.2. The molecule has 2 atom stereocenters. The van der Waals surface area contributed by atoms with Gasteiger partial charge in [0.15, 0.2) is 5.76 Å². The number of hydrogen-bond acceptors (Lipinski definition) is 5. The molecule has 22 heavy (non-hydrogen) atoms. The van der Waals surface area contributed by atoms with Crippen LogP contribution in [0.15, 0.2) is 22.6 Å². The minimum atomic E-state index is -1.23. The largest absolute Gasteiger partial charge is 0.455 e. The molecule has 1 aromatic heterocycles. The zero-order valence-electron chi connectivity index (χ0n) is 12.1. The van der Waals surface area contributed by atoms with Crippen LogP contribution in [0.4, 0.5) is 10.1 Å². The second-order valence-electron chi connectivity index (χ2n) is 5.20. The fourth-order valence-corrected chi connectivity index (χ4v) is 2.62. The minimum Gasteiger partial charge on any atom is -0.455 e. The van der Waals surface area contributed by atoms with Crippen molar-refractivity contribution in [1.82, 2.24) is 0 Å². The van der Waals surface area contributed by atoms with Gasteiger partial charge in [-0.15, -0.1) is 0 Å². The van der Waals surface area contributed by atoms with E-state index in [0.717, 1.165) is 0 Å². The highest BCUT2D eigenvalue weighted by Crippen LogP contribution is 2.34. The number of carbonyl (C=O) groups is 1. The van der Waals surface area contributed by atoms with Crippen molar-refractivity contribution in [1.29, 1.82) is 0 Å². The number of hydrogen-bond donors (Lipinski definition) is 2. The number of benzene rings is 1. The van der Waals surface area contributed by atoms with Crippen LogP contribution in [0.2, 0.25) is 0 Å². The second kappa shape index (κ2) is 5.58. The topological polar surface area (TPSA) is 88.9 Å². The van der Waals surface area contributed by atoms with Gasteiger partial charge in [-0.05, 0) is 25.5 Å². The summed E-state index contributed by atoms with van der Waals surface area (Å²) >= 11 is 0. The maximum absolute atomic E-state index is 14.2. The highest BCUT2D eigenvalue weighted by molar-refractivity contribution is 5.88. The number of primary amides is 1. The second-order valence-corrected chi connectivity index (χ2v) is 5.20. The van der Waals surface area contributed by atoms with E-state index in [9.17, 15) is 14.3 Å². The van der Waals surface area contributed by atoms with Gasteiger partial charge in [0, 0.05) is 24.9 Å². The van der Waals surface area contributed by atoms with Crippen molar-refractivity contribution in [3.05, 3.63) is 29.8 Å². The van der Waals surface area contributed by atoms with Gasteiger partial charge in [-0.25, -0.2) is 4.39 Å². The molecule has 1 fully saturated rings. The van der Waals surface area contributed by atoms with Crippen LogP contribution in [0, 0.1) is 5.82 Å². The fourth-order valence-electron chi connectivity index (χ4n) is 2.62. The van der Waals surface area contributed by atoms with Gasteiger partial charge in [0.1, 0.15) is 17.4 Å². The van der Waals surface area contributed by atoms with Crippen molar-refractivity contribution in [2.45, 2.75) is 25.7 Å². The summed E-state index contributed by atoms with van der Waals surface area (Å²) in [7, 11) is 0. The predicted molar refractivity (Wildman–Crippen MR) is 77.7 cm³/mol. The molecule has 3 N–H and O–H groups in total. The summed E-state index contributed by atoms with van der Waals surface area (Å²) in [6.45, 7) is 2.67. The highest BCUT2D eigenvalue weighted by Gasteiger charge is 2.33. The molecule has 7 heteroatoms. The summed E-state index contributed by atoms with van der Waals surface area (Å²) < 4.78 is 24.7. The Morgan fingerprint density at radius 3 is 2.95 bits per heavy atom. The Morgan fingerprint density at radius 2 is 2.36 bits per heavy atom. The number of amides is 1. The first-order valence-electron chi connectivity index (χ1n) is 7.10. The van der Waals surface area contributed by atoms with Gasteiger partial charge < -0.3 is 24.9 Å². The minimum absolute atomic E-state index is 0.142. The number of aliphatic hydroxyl groups is 1. The van der Waals surface area contributed by atoms with E-state index in [2.05, 4.69) is 0 Å². The maximum Gasteiger partial charge on any atom is 0.240 e. The number of aliphatic hydroxyl groups excluding tert-OH is 1. The molecule has 1 amide bonds. The number of halogens is 1. The molecule has 0 aliphatic carbocycles. The Balaban J connectivity index is 1.96. The van der Waals surface area contributed by atoms with Crippen LogP contribution in [0.25, 0.3) is 11.0 Å². The first kappa shape index (κ1) is 14.8. The molecule has 6 nitrogen and oxygen atoms in total. The first-order valence-corrected chi connectivity index (χ1v) is 7.10. The number of carbonyl (C=O) groups excluding carboxylic acids is 1. The van der Waals surface area contributed by atoms with E-state index in [4.69, 9.17) is 14.9 Å². The smallest absolute Gasteiger partial charge is 0.240 e. The van der Waals surface area contributed by atoms with Crippen LogP contribution in [-0.4, -0.2) is 30.2 Å². The lowest BCUT2D eigenvalue weighted by Gasteiger charge is -2.40. The zero-order chi connectivity index (χ0) is 15.9. The van der Waals surface area contributed by atoms with E-state index in [-0.39, 0.29) is 11.1 Å². The lowest BCUT2D eigenvalue weighted by atomic mass is 10.0. The summed E-state index contributed by atoms with van der Waals surface area (Å²) in [4.78, 5) is 13.0. The van der Waals surface area contributed by atoms with Crippen LogP contribution in [0.3, 0.4) is 0 Å². The molecular formula is C15H17FN2O4. The Bertz CT molecular complexity index is 715. The molecule has 2 unspecified atom stereocenters. The van der Waals surface area contributed by atoms with Crippen molar-refractivity contribution >= 4 is 22.6 Å². The van der Waals surface area contributed by atoms with Gasteiger partial charge in [-0.3, -0.25) is 4.79 Å². The van der Waals surface area contributed by atoms with Crippen molar-refractivity contribution in [3.63, 3.8) is 0 Å². The molecule has 2 heterocycles. The number of rotatable bonds is 5. The zero-order valence-corrected chi connectivity index (χ0v) is 12.1. The molecule has 0 saturated carbocycles. The number of nitrogens with zero attached hydrogens (tertiary/aromatic N) is 1. The maximum atomic E-state index is 14.2. The molecule has 118 valence electrons. The number of furan rings is 1. The molecule has 1 aliphatic rings. The molecule has 1 aromatic carbocycles. The summed E-state index contributed by atoms with van der Waals surface area (Å²) in [5.74, 6) is -0.775. The van der Waals surface area contributed by atoms with Gasteiger partial charge in [0.05, 0.1) is 5.39 Å². The van der Waals surface area contributed by atoms with Crippen LogP contribution in [0.1, 0.15) is 25.4 Å². The molecule has 0 spiro atoms. The third-order valence-electron chi connectivity index (χ3n) is 3.84. The van der Waals surface area contributed by atoms with E-state index in [1.54, 1.807) is 17.9 Å². The summed E-state index contributed by atoms with van der Waals surface area (Å²) in [5.41, 5.74) is 6.13. The third-order valence-corrected chi connectivity index (χ3v) is 3.84. The average molecular weight is 308 g/mol. The Morgan fingerprint density at radius 1 is 1.59 bits per heavy atom. The number of ether oxygens (including phenoxy) is 1. The molecule has 1 saturated heterocycles. The fraction of sp³-hybridized carbons (Fsp3) is 0.400. The number of fused-ring (bicyclic) bond motifs is 1. The summed E-state index contributed by atoms with van der Waals surface area (Å²) in [6, 6.07) is 3.97. The number of anilines is 1. The van der Waals surface area contributed by atoms with Gasteiger partial charge in [0.25, 0.3) is 0 Å². The Labute approximate surface area is 126 Å².